The molecule has 4 nitrogen and oxygen atoms in total. The van der Waals surface area contributed by atoms with Gasteiger partial charge in [0.2, 0.25) is 0 Å². The van der Waals surface area contributed by atoms with E-state index in [0.717, 1.165) is 60.7 Å². The zero-order valence-electron chi connectivity index (χ0n) is 30.8. The third-order valence-electron chi connectivity index (χ3n) is 10.9. The van der Waals surface area contributed by atoms with E-state index in [9.17, 15) is 0 Å². The maximum Gasteiger partial charge on any atom is 0.164 e. The van der Waals surface area contributed by atoms with Crippen molar-refractivity contribution >= 4 is 43.5 Å². The van der Waals surface area contributed by atoms with E-state index in [0.29, 0.717) is 17.5 Å². The van der Waals surface area contributed by atoms with Gasteiger partial charge in [0, 0.05) is 27.5 Å². The highest BCUT2D eigenvalue weighted by atomic mass is 16.3. The van der Waals surface area contributed by atoms with Gasteiger partial charge in [0.25, 0.3) is 0 Å². The summed E-state index contributed by atoms with van der Waals surface area (Å²) in [5.74, 6) is 1.83. The number of aromatic nitrogens is 3. The lowest BCUT2D eigenvalue weighted by molar-refractivity contribution is 0.669. The monoisotopic (exact) mass is 727 g/mol. The molecule has 0 saturated carbocycles. The van der Waals surface area contributed by atoms with Gasteiger partial charge < -0.3 is 4.42 Å². The van der Waals surface area contributed by atoms with Crippen LogP contribution in [0.3, 0.4) is 0 Å². The van der Waals surface area contributed by atoms with Crippen molar-refractivity contribution in [3.8, 4) is 67.5 Å². The fourth-order valence-corrected chi connectivity index (χ4v) is 8.16. The Morgan fingerprint density at radius 3 is 1.53 bits per heavy atom. The van der Waals surface area contributed by atoms with Crippen molar-refractivity contribution in [2.75, 3.05) is 0 Å². The first-order valence-electron chi connectivity index (χ1n) is 19.2. The van der Waals surface area contributed by atoms with Gasteiger partial charge in [-0.1, -0.05) is 164 Å². The highest BCUT2D eigenvalue weighted by molar-refractivity contribution is 6.23. The lowest BCUT2D eigenvalue weighted by atomic mass is 9.92. The minimum Gasteiger partial charge on any atom is -0.456 e. The Hall–Kier alpha value is -7.69. The van der Waals surface area contributed by atoms with Crippen LogP contribution >= 0.6 is 0 Å². The summed E-state index contributed by atoms with van der Waals surface area (Å²) in [6, 6.07) is 69.9. The summed E-state index contributed by atoms with van der Waals surface area (Å²) in [6.45, 7) is 0. The first-order chi connectivity index (χ1) is 28.2. The van der Waals surface area contributed by atoms with Crippen molar-refractivity contribution < 1.29 is 4.42 Å². The Labute approximate surface area is 329 Å². The van der Waals surface area contributed by atoms with E-state index in [1.54, 1.807) is 0 Å². The highest BCUT2D eigenvalue weighted by Crippen LogP contribution is 2.42. The summed E-state index contributed by atoms with van der Waals surface area (Å²) in [7, 11) is 0. The van der Waals surface area contributed by atoms with E-state index >= 15 is 0 Å². The molecule has 0 amide bonds. The lowest BCUT2D eigenvalue weighted by Crippen LogP contribution is -2.00. The Balaban J connectivity index is 1.06. The molecule has 0 aliphatic heterocycles. The molecule has 2 heterocycles. The Morgan fingerprint density at radius 2 is 0.789 bits per heavy atom. The minimum atomic E-state index is 0.600. The second kappa shape index (κ2) is 13.6. The summed E-state index contributed by atoms with van der Waals surface area (Å²) in [6.07, 6.45) is 0. The fraction of sp³-hybridized carbons (Fsp3) is 0. The van der Waals surface area contributed by atoms with Crippen LogP contribution in [0.5, 0.6) is 0 Å². The molecule has 266 valence electrons. The largest absolute Gasteiger partial charge is 0.456 e. The van der Waals surface area contributed by atoms with Gasteiger partial charge in [-0.25, -0.2) is 15.0 Å². The van der Waals surface area contributed by atoms with E-state index in [1.165, 1.54) is 32.8 Å². The molecule has 0 aliphatic carbocycles. The van der Waals surface area contributed by atoms with Gasteiger partial charge >= 0.3 is 0 Å². The van der Waals surface area contributed by atoms with Crippen LogP contribution < -0.4 is 0 Å². The van der Waals surface area contributed by atoms with Crippen molar-refractivity contribution in [1.82, 2.24) is 15.0 Å². The normalized spacial score (nSPS) is 11.5. The molecule has 0 fully saturated rings. The Morgan fingerprint density at radius 1 is 0.281 bits per heavy atom. The molecule has 0 saturated heterocycles. The maximum absolute atomic E-state index is 6.65. The highest BCUT2D eigenvalue weighted by Gasteiger charge is 2.19. The summed E-state index contributed by atoms with van der Waals surface area (Å²) in [4.78, 5) is 15.3. The minimum absolute atomic E-state index is 0.600. The standard InChI is InChI=1S/C53H33N3O/c1-3-14-34(15-4-1)37-20-11-21-38(30-37)39-22-12-23-40(31-39)52-54-51(36-17-5-2-6-18-36)55-53(56-52)41-28-29-48-47(32-41)50-45-26-10-9-25-44(45)46(33-49(50)57-48)43-27-13-19-35-16-7-8-24-42(35)43/h1-33H. The molecular weight excluding hydrogens is 695 g/mol. The molecule has 0 aliphatic rings. The molecule has 0 unspecified atom stereocenters. The smallest absolute Gasteiger partial charge is 0.164 e. The van der Waals surface area contributed by atoms with Gasteiger partial charge in [-0.2, -0.15) is 0 Å². The molecule has 0 radical (unpaired) electrons. The van der Waals surface area contributed by atoms with Crippen LogP contribution in [0.15, 0.2) is 205 Å². The van der Waals surface area contributed by atoms with Crippen molar-refractivity contribution in [2.24, 2.45) is 0 Å². The van der Waals surface area contributed by atoms with E-state index in [-0.39, 0.29) is 0 Å². The van der Waals surface area contributed by atoms with Crippen LogP contribution in [-0.4, -0.2) is 15.0 Å². The SMILES string of the molecule is c1ccc(-c2cccc(-c3cccc(-c4nc(-c5ccccc5)nc(-c5ccc6oc7cc(-c8cccc9ccccc89)c8ccccc8c7c6c5)n4)c3)c2)cc1. The molecule has 11 rings (SSSR count). The summed E-state index contributed by atoms with van der Waals surface area (Å²) >= 11 is 0. The van der Waals surface area contributed by atoms with Gasteiger partial charge in [-0.15, -0.1) is 0 Å². The van der Waals surface area contributed by atoms with Gasteiger partial charge in [-0.3, -0.25) is 0 Å². The second-order valence-corrected chi connectivity index (χ2v) is 14.4. The van der Waals surface area contributed by atoms with Gasteiger partial charge in [-0.05, 0) is 91.3 Å². The quantitative estimate of drug-likeness (QED) is 0.171. The van der Waals surface area contributed by atoms with Gasteiger partial charge in [0.05, 0.1) is 0 Å². The zero-order valence-corrected chi connectivity index (χ0v) is 30.8. The fourth-order valence-electron chi connectivity index (χ4n) is 8.16. The average Bonchev–Trinajstić information content (AvgIpc) is 3.67. The molecule has 0 N–H and O–H groups in total. The number of benzene rings is 9. The average molecular weight is 728 g/mol. The maximum atomic E-state index is 6.65. The van der Waals surface area contributed by atoms with Crippen molar-refractivity contribution in [2.45, 2.75) is 0 Å². The molecule has 0 atom stereocenters. The summed E-state index contributed by atoms with van der Waals surface area (Å²) in [5.41, 5.74) is 11.3. The lowest BCUT2D eigenvalue weighted by Gasteiger charge is -2.11. The van der Waals surface area contributed by atoms with Crippen LogP contribution in [0.1, 0.15) is 0 Å². The summed E-state index contributed by atoms with van der Waals surface area (Å²) in [5, 5.41) is 6.85. The second-order valence-electron chi connectivity index (χ2n) is 14.4. The molecule has 4 heteroatoms. The van der Waals surface area contributed by atoms with Crippen LogP contribution in [-0.2, 0) is 0 Å². The van der Waals surface area contributed by atoms with E-state index in [1.807, 2.05) is 42.5 Å². The molecular formula is C53H33N3O. The molecule has 9 aromatic carbocycles. The van der Waals surface area contributed by atoms with Crippen molar-refractivity contribution in [3.05, 3.63) is 200 Å². The number of furan rings is 1. The predicted molar refractivity (Wildman–Crippen MR) is 235 cm³/mol. The summed E-state index contributed by atoms with van der Waals surface area (Å²) < 4.78 is 6.65. The molecule has 0 bridgehead atoms. The van der Waals surface area contributed by atoms with Crippen molar-refractivity contribution in [3.63, 3.8) is 0 Å². The zero-order chi connectivity index (χ0) is 37.7. The Bertz CT molecular complexity index is 3290. The van der Waals surface area contributed by atoms with Crippen LogP contribution in [0.25, 0.3) is 111 Å². The number of nitrogens with zero attached hydrogens (tertiary/aromatic N) is 3. The predicted octanol–water partition coefficient (Wildman–Crippen LogP) is 14.1. The first kappa shape index (κ1) is 32.7. The van der Waals surface area contributed by atoms with E-state index in [4.69, 9.17) is 19.4 Å². The van der Waals surface area contributed by atoms with Crippen molar-refractivity contribution in [1.29, 1.82) is 0 Å². The third-order valence-corrected chi connectivity index (χ3v) is 10.9. The van der Waals surface area contributed by atoms with Crippen LogP contribution in [0.4, 0.5) is 0 Å². The molecule has 11 aromatic rings. The van der Waals surface area contributed by atoms with Crippen LogP contribution in [0, 0.1) is 0 Å². The number of rotatable bonds is 6. The third kappa shape index (κ3) is 5.83. The topological polar surface area (TPSA) is 51.8 Å². The van der Waals surface area contributed by atoms with E-state index < -0.39 is 0 Å². The first-order valence-corrected chi connectivity index (χ1v) is 19.2. The molecule has 0 spiro atoms. The van der Waals surface area contributed by atoms with Gasteiger partial charge in [0.15, 0.2) is 17.5 Å². The van der Waals surface area contributed by atoms with Gasteiger partial charge in [0.1, 0.15) is 11.2 Å². The number of hydrogen-bond donors (Lipinski definition) is 0. The number of fused-ring (bicyclic) bond motifs is 6. The molecule has 2 aromatic heterocycles. The number of hydrogen-bond acceptors (Lipinski definition) is 4. The van der Waals surface area contributed by atoms with E-state index in [2.05, 4.69) is 158 Å². The Kier molecular flexibility index (Phi) is 7.78. The molecule has 57 heavy (non-hydrogen) atoms. The van der Waals surface area contributed by atoms with Crippen LogP contribution in [0.2, 0.25) is 0 Å².